The summed E-state index contributed by atoms with van der Waals surface area (Å²) in [7, 11) is 0. The van der Waals surface area contributed by atoms with Gasteiger partial charge in [0.2, 0.25) is 5.88 Å². The third-order valence-electron chi connectivity index (χ3n) is 7.48. The van der Waals surface area contributed by atoms with Gasteiger partial charge in [-0.3, -0.25) is 31.8 Å². The van der Waals surface area contributed by atoms with Gasteiger partial charge in [0.05, 0.1) is 6.54 Å². The van der Waals surface area contributed by atoms with Crippen LogP contribution in [0, 0.1) is 12.3 Å². The number of hydrogen-bond donors (Lipinski definition) is 4. The average Bonchev–Trinajstić information content (AvgIpc) is 3.54. The zero-order chi connectivity index (χ0) is 28.7. The summed E-state index contributed by atoms with van der Waals surface area (Å²) in [6, 6.07) is 17.4. The number of unbranched alkanes of at least 4 members (excludes halogenated alkanes) is 1. The van der Waals surface area contributed by atoms with E-state index in [-0.39, 0.29) is 11.7 Å². The number of aromatic nitrogens is 1. The molecule has 0 unspecified atom stereocenters. The fourth-order valence-electron chi connectivity index (χ4n) is 5.42. The van der Waals surface area contributed by atoms with Crippen LogP contribution in [0.2, 0.25) is 0 Å². The highest BCUT2D eigenvalue weighted by Crippen LogP contribution is 2.40. The molecule has 2 heterocycles. The lowest BCUT2D eigenvalue weighted by Gasteiger charge is -2.23. The molecule has 1 fully saturated rings. The lowest BCUT2D eigenvalue weighted by Crippen LogP contribution is -2.40. The maximum absolute atomic E-state index is 13.5. The van der Waals surface area contributed by atoms with Crippen LogP contribution in [-0.4, -0.2) is 33.0 Å². The van der Waals surface area contributed by atoms with Crippen molar-refractivity contribution in [2.75, 3.05) is 0 Å². The van der Waals surface area contributed by atoms with Gasteiger partial charge < -0.3 is 10.5 Å². The highest BCUT2D eigenvalue weighted by Gasteiger charge is 2.49. The molecule has 3 aromatic rings. The van der Waals surface area contributed by atoms with E-state index in [1.165, 1.54) is 0 Å². The van der Waals surface area contributed by atoms with Crippen LogP contribution in [-0.2, 0) is 11.3 Å². The number of ether oxygens (including phenoxy) is 1. The zero-order valence-corrected chi connectivity index (χ0v) is 23.3. The molecule has 7 N–H and O–H groups in total. The number of nitrogens with two attached hydrogens (primary N) is 3. The first-order valence-electron chi connectivity index (χ1n) is 13.8. The van der Waals surface area contributed by atoms with Crippen molar-refractivity contribution in [2.24, 2.45) is 22.4 Å². The van der Waals surface area contributed by atoms with Crippen molar-refractivity contribution in [3.63, 3.8) is 0 Å². The van der Waals surface area contributed by atoms with Crippen LogP contribution in [0.1, 0.15) is 68.6 Å². The number of carbonyl (C=O) groups is 1. The van der Waals surface area contributed by atoms with Crippen LogP contribution < -0.4 is 22.2 Å². The molecule has 0 bridgehead atoms. The third kappa shape index (κ3) is 6.21. The number of amidine groups is 2. The average molecular weight is 542 g/mol. The van der Waals surface area contributed by atoms with Gasteiger partial charge in [-0.2, -0.15) is 0 Å². The van der Waals surface area contributed by atoms with E-state index in [2.05, 4.69) is 23.6 Å². The number of pyridine rings is 1. The second kappa shape index (κ2) is 12.8. The van der Waals surface area contributed by atoms with Crippen molar-refractivity contribution in [1.29, 1.82) is 5.41 Å². The Kier molecular flexibility index (Phi) is 9.29. The minimum atomic E-state index is -0.522. The van der Waals surface area contributed by atoms with Gasteiger partial charge in [-0.25, -0.2) is 4.98 Å². The van der Waals surface area contributed by atoms with Crippen LogP contribution in [0.5, 0.6) is 11.6 Å². The zero-order valence-electron chi connectivity index (χ0n) is 23.3. The van der Waals surface area contributed by atoms with Gasteiger partial charge in [-0.15, -0.1) is 0 Å². The fraction of sp³-hybridized carbons (Fsp3) is 0.355. The van der Waals surface area contributed by atoms with Crippen molar-refractivity contribution in [2.45, 2.75) is 70.9 Å². The number of aryl methyl sites for hydroxylation is 1. The van der Waals surface area contributed by atoms with E-state index in [1.54, 1.807) is 18.3 Å². The standard InChI is InChI=1S/C31H35N5O2.H4N2/c1-3-4-7-27-35-31(15-5-6-16-31)30(37)36(27)20-22-8-10-23(11-9-22)26-19-24(12-13-25(26)29(32)33)38-28-18-21(2)14-17-34-28;1-2/h8-14,17-19H,3-7,15-16,20H2,1-2H3,(H3,32,33);1-2H2. The van der Waals surface area contributed by atoms with Crippen LogP contribution >= 0.6 is 0 Å². The smallest absolute Gasteiger partial charge is 0.256 e. The summed E-state index contributed by atoms with van der Waals surface area (Å²) in [5.74, 6) is 10.2. The van der Waals surface area contributed by atoms with E-state index in [0.29, 0.717) is 23.7 Å². The Bertz CT molecular complexity index is 1380. The van der Waals surface area contributed by atoms with Gasteiger partial charge in [0, 0.05) is 24.2 Å². The van der Waals surface area contributed by atoms with Gasteiger partial charge >= 0.3 is 0 Å². The molecule has 9 nitrogen and oxygen atoms in total. The largest absolute Gasteiger partial charge is 0.439 e. The number of hydrazine groups is 1. The molecule has 40 heavy (non-hydrogen) atoms. The van der Waals surface area contributed by atoms with Gasteiger partial charge in [-0.05, 0) is 72.7 Å². The first-order valence-corrected chi connectivity index (χ1v) is 13.8. The number of aliphatic imine (C=N–C) groups is 1. The maximum atomic E-state index is 13.5. The summed E-state index contributed by atoms with van der Waals surface area (Å²) in [6.45, 7) is 4.67. The Morgan fingerprint density at radius 3 is 2.45 bits per heavy atom. The van der Waals surface area contributed by atoms with Crippen LogP contribution in [0.3, 0.4) is 0 Å². The molecular formula is C31H39N7O2. The maximum Gasteiger partial charge on any atom is 0.256 e. The van der Waals surface area contributed by atoms with Gasteiger partial charge in [0.1, 0.15) is 23.0 Å². The molecule has 0 atom stereocenters. The Labute approximate surface area is 235 Å². The monoisotopic (exact) mass is 541 g/mol. The van der Waals surface area contributed by atoms with Gasteiger partial charge in [0.25, 0.3) is 5.91 Å². The number of nitrogens with one attached hydrogen (secondary N) is 1. The van der Waals surface area contributed by atoms with E-state index in [9.17, 15) is 4.79 Å². The number of nitrogen functional groups attached to an aromatic ring is 1. The lowest BCUT2D eigenvalue weighted by atomic mass is 9.97. The predicted octanol–water partition coefficient (Wildman–Crippen LogP) is 5.20. The molecule has 1 aromatic heterocycles. The van der Waals surface area contributed by atoms with Gasteiger partial charge in [0.15, 0.2) is 0 Å². The molecule has 210 valence electrons. The first-order chi connectivity index (χ1) is 19.4. The molecule has 9 heteroatoms. The summed E-state index contributed by atoms with van der Waals surface area (Å²) in [5, 5.41) is 8.08. The summed E-state index contributed by atoms with van der Waals surface area (Å²) < 4.78 is 5.99. The van der Waals surface area contributed by atoms with Crippen LogP contribution in [0.25, 0.3) is 11.1 Å². The van der Waals surface area contributed by atoms with E-state index in [4.69, 9.17) is 20.9 Å². The van der Waals surface area contributed by atoms with Crippen molar-refractivity contribution < 1.29 is 9.53 Å². The van der Waals surface area contributed by atoms with E-state index in [1.807, 2.05) is 54.3 Å². The summed E-state index contributed by atoms with van der Waals surface area (Å²) >= 11 is 0. The molecular weight excluding hydrogens is 502 g/mol. The van der Waals surface area contributed by atoms with Crippen molar-refractivity contribution in [3.05, 3.63) is 77.5 Å². The first kappa shape index (κ1) is 28.9. The molecule has 1 spiro atoms. The third-order valence-corrected chi connectivity index (χ3v) is 7.48. The quantitative estimate of drug-likeness (QED) is 0.126. The highest BCUT2D eigenvalue weighted by atomic mass is 16.5. The van der Waals surface area contributed by atoms with Crippen molar-refractivity contribution in [3.8, 4) is 22.8 Å². The Hall–Kier alpha value is -4.08. The number of carbonyl (C=O) groups excluding carboxylic acids is 1. The second-order valence-corrected chi connectivity index (χ2v) is 10.4. The molecule has 1 saturated carbocycles. The normalized spacial score (nSPS) is 15.6. The van der Waals surface area contributed by atoms with Gasteiger partial charge in [-0.1, -0.05) is 50.5 Å². The van der Waals surface area contributed by atoms with E-state index >= 15 is 0 Å². The number of hydrogen-bond acceptors (Lipinski definition) is 7. The molecule has 0 saturated heterocycles. The molecule has 1 amide bonds. The molecule has 0 radical (unpaired) electrons. The van der Waals surface area contributed by atoms with Crippen molar-refractivity contribution >= 4 is 17.6 Å². The van der Waals surface area contributed by atoms with E-state index in [0.717, 1.165) is 73.0 Å². The highest BCUT2D eigenvalue weighted by molar-refractivity contribution is 6.08. The minimum absolute atomic E-state index is 0.00869. The summed E-state index contributed by atoms with van der Waals surface area (Å²) in [5.41, 5.74) is 9.85. The Morgan fingerprint density at radius 2 is 1.80 bits per heavy atom. The number of rotatable bonds is 9. The summed E-state index contributed by atoms with van der Waals surface area (Å²) in [4.78, 5) is 24.7. The number of amides is 1. The SMILES string of the molecule is CCCCC1=NC2(CCCC2)C(=O)N1Cc1ccc(-c2cc(Oc3cc(C)ccn3)ccc2C(=N)N)cc1.NN. The summed E-state index contributed by atoms with van der Waals surface area (Å²) in [6.07, 6.45) is 8.52. The topological polar surface area (TPSA) is 157 Å². The van der Waals surface area contributed by atoms with Crippen LogP contribution in [0.15, 0.2) is 65.8 Å². The Morgan fingerprint density at radius 1 is 1.07 bits per heavy atom. The minimum Gasteiger partial charge on any atom is -0.439 e. The molecule has 1 aliphatic heterocycles. The van der Waals surface area contributed by atoms with E-state index < -0.39 is 5.54 Å². The number of benzene rings is 2. The fourth-order valence-corrected chi connectivity index (χ4v) is 5.42. The molecule has 2 aromatic carbocycles. The second-order valence-electron chi connectivity index (χ2n) is 10.4. The number of nitrogens with zero attached hydrogens (tertiary/aromatic N) is 3. The molecule has 2 aliphatic rings. The lowest BCUT2D eigenvalue weighted by molar-refractivity contribution is -0.131. The predicted molar refractivity (Wildman–Crippen MR) is 159 cm³/mol. The molecule has 5 rings (SSSR count). The molecule has 1 aliphatic carbocycles. The van der Waals surface area contributed by atoms with Crippen LogP contribution in [0.4, 0.5) is 0 Å². The van der Waals surface area contributed by atoms with Crippen molar-refractivity contribution in [1.82, 2.24) is 9.88 Å². The Balaban J connectivity index is 0.00000181.